The molecule has 5 heteroatoms. The Balaban J connectivity index is 3.44. The highest BCUT2D eigenvalue weighted by molar-refractivity contribution is 7.80. The first-order valence-corrected chi connectivity index (χ1v) is 5.95. The summed E-state index contributed by atoms with van der Waals surface area (Å²) in [7, 11) is 0. The quantitative estimate of drug-likeness (QED) is 0.420. The monoisotopic (exact) mass is 250 g/mol. The van der Waals surface area contributed by atoms with Crippen LogP contribution >= 0.6 is 12.2 Å². The molecule has 92 valence electrons. The fraction of sp³-hybridized carbons (Fsp3) is 0.333. The number of rotatable bonds is 5. The van der Waals surface area contributed by atoms with Crippen molar-refractivity contribution in [2.24, 2.45) is 11.5 Å². The van der Waals surface area contributed by atoms with E-state index < -0.39 is 0 Å². The number of nitrogens with two attached hydrogens (primary N) is 2. The highest BCUT2D eigenvalue weighted by Crippen LogP contribution is 2.23. The average Bonchev–Trinajstić information content (AvgIpc) is 2.30. The van der Waals surface area contributed by atoms with E-state index in [2.05, 4.69) is 18.7 Å². The molecule has 0 aliphatic heterocycles. The lowest BCUT2D eigenvalue weighted by molar-refractivity contribution is 0.865. The van der Waals surface area contributed by atoms with Crippen LogP contribution in [0.4, 0.5) is 5.69 Å². The lowest BCUT2D eigenvalue weighted by Crippen LogP contribution is -2.28. The molecule has 0 atom stereocenters. The average molecular weight is 250 g/mol. The van der Waals surface area contributed by atoms with Crippen molar-refractivity contribution in [1.29, 1.82) is 5.41 Å². The third kappa shape index (κ3) is 2.74. The summed E-state index contributed by atoms with van der Waals surface area (Å²) in [5.74, 6) is -0.0122. The van der Waals surface area contributed by atoms with Crippen molar-refractivity contribution < 1.29 is 0 Å². The second kappa shape index (κ2) is 5.63. The third-order valence-corrected chi connectivity index (χ3v) is 2.89. The zero-order valence-electron chi connectivity index (χ0n) is 10.2. The van der Waals surface area contributed by atoms with Gasteiger partial charge in [-0.3, -0.25) is 5.41 Å². The number of anilines is 1. The molecule has 0 amide bonds. The van der Waals surface area contributed by atoms with Crippen LogP contribution in [0.5, 0.6) is 0 Å². The van der Waals surface area contributed by atoms with Crippen LogP contribution in [0.1, 0.15) is 25.0 Å². The molecule has 0 radical (unpaired) electrons. The molecule has 1 rings (SSSR count). The van der Waals surface area contributed by atoms with E-state index in [0.29, 0.717) is 11.1 Å². The number of nitrogen functional groups attached to an aromatic ring is 1. The van der Waals surface area contributed by atoms with Gasteiger partial charge in [0.25, 0.3) is 0 Å². The van der Waals surface area contributed by atoms with E-state index in [-0.39, 0.29) is 10.8 Å². The molecule has 0 aromatic heterocycles. The molecule has 17 heavy (non-hydrogen) atoms. The maximum absolute atomic E-state index is 7.57. The molecule has 0 saturated carbocycles. The van der Waals surface area contributed by atoms with Gasteiger partial charge in [0.2, 0.25) is 0 Å². The highest BCUT2D eigenvalue weighted by Gasteiger charge is 2.15. The number of thiocarbonyl (C=S) groups is 1. The van der Waals surface area contributed by atoms with E-state index in [1.807, 2.05) is 12.1 Å². The zero-order valence-corrected chi connectivity index (χ0v) is 11.0. The summed E-state index contributed by atoms with van der Waals surface area (Å²) in [6, 6.07) is 5.59. The summed E-state index contributed by atoms with van der Waals surface area (Å²) in [6.45, 7) is 5.83. The van der Waals surface area contributed by atoms with Gasteiger partial charge in [0.15, 0.2) is 0 Å². The summed E-state index contributed by atoms with van der Waals surface area (Å²) in [4.78, 5) is 2.42. The molecule has 0 fully saturated rings. The smallest absolute Gasteiger partial charge is 0.123 e. The molecular weight excluding hydrogens is 232 g/mol. The van der Waals surface area contributed by atoms with Crippen LogP contribution in [-0.2, 0) is 0 Å². The van der Waals surface area contributed by atoms with E-state index >= 15 is 0 Å². The fourth-order valence-electron chi connectivity index (χ4n) is 1.85. The molecule has 5 N–H and O–H groups in total. The number of hydrogen-bond donors (Lipinski definition) is 3. The van der Waals surface area contributed by atoms with E-state index in [1.54, 1.807) is 6.07 Å². The largest absolute Gasteiger partial charge is 0.389 e. The second-order valence-electron chi connectivity index (χ2n) is 3.65. The maximum Gasteiger partial charge on any atom is 0.123 e. The van der Waals surface area contributed by atoms with Crippen molar-refractivity contribution in [3.63, 3.8) is 0 Å². The standard InChI is InChI=1S/C12H18N4S/c1-3-16(4-2)9-7-5-6-8(11(13)14)10(9)12(15)17/h5-7H,3-4H2,1-2H3,(H3,13,14)(H2,15,17). The number of benzene rings is 1. The van der Waals surface area contributed by atoms with Gasteiger partial charge in [-0.25, -0.2) is 0 Å². The number of amidine groups is 1. The lowest BCUT2D eigenvalue weighted by Gasteiger charge is -2.25. The van der Waals surface area contributed by atoms with Crippen LogP contribution in [0.25, 0.3) is 0 Å². The second-order valence-corrected chi connectivity index (χ2v) is 4.09. The summed E-state index contributed by atoms with van der Waals surface area (Å²) < 4.78 is 0. The number of nitrogens with one attached hydrogen (secondary N) is 1. The van der Waals surface area contributed by atoms with Crippen molar-refractivity contribution in [1.82, 2.24) is 0 Å². The van der Waals surface area contributed by atoms with Crippen LogP contribution < -0.4 is 16.4 Å². The summed E-state index contributed by atoms with van der Waals surface area (Å²) in [6.07, 6.45) is 0. The molecule has 0 spiro atoms. The van der Waals surface area contributed by atoms with Gasteiger partial charge in [-0.2, -0.15) is 0 Å². The van der Waals surface area contributed by atoms with Crippen molar-refractivity contribution >= 4 is 28.7 Å². The Bertz CT molecular complexity index is 438. The van der Waals surface area contributed by atoms with Gasteiger partial charge in [0.05, 0.1) is 0 Å². The Kier molecular flexibility index (Phi) is 4.45. The first-order valence-electron chi connectivity index (χ1n) is 5.55. The van der Waals surface area contributed by atoms with Gasteiger partial charge in [-0.15, -0.1) is 0 Å². The number of nitrogens with zero attached hydrogens (tertiary/aromatic N) is 1. The molecule has 0 aliphatic rings. The Morgan fingerprint density at radius 1 is 1.29 bits per heavy atom. The minimum atomic E-state index is -0.0122. The van der Waals surface area contributed by atoms with Gasteiger partial charge in [-0.05, 0) is 19.9 Å². The molecular formula is C12H18N4S. The number of hydrogen-bond acceptors (Lipinski definition) is 3. The van der Waals surface area contributed by atoms with Crippen LogP contribution in [0, 0.1) is 5.41 Å². The minimum absolute atomic E-state index is 0.0122. The molecule has 0 saturated heterocycles. The van der Waals surface area contributed by atoms with Gasteiger partial charge in [0, 0.05) is 29.9 Å². The van der Waals surface area contributed by atoms with Crippen LogP contribution in [-0.4, -0.2) is 23.9 Å². The molecule has 0 bridgehead atoms. The molecule has 0 heterocycles. The Labute approximate surface area is 107 Å². The zero-order chi connectivity index (χ0) is 13.0. The van der Waals surface area contributed by atoms with Crippen molar-refractivity contribution in [3.05, 3.63) is 29.3 Å². The topological polar surface area (TPSA) is 79.1 Å². The Morgan fingerprint density at radius 3 is 2.29 bits per heavy atom. The Hall–Kier alpha value is -1.62. The van der Waals surface area contributed by atoms with Crippen LogP contribution in [0.15, 0.2) is 18.2 Å². The third-order valence-electron chi connectivity index (χ3n) is 2.68. The highest BCUT2D eigenvalue weighted by atomic mass is 32.1. The van der Waals surface area contributed by atoms with E-state index in [0.717, 1.165) is 18.8 Å². The molecule has 4 nitrogen and oxygen atoms in total. The summed E-state index contributed by atoms with van der Waals surface area (Å²) >= 11 is 5.07. The van der Waals surface area contributed by atoms with Crippen LogP contribution in [0.2, 0.25) is 0 Å². The van der Waals surface area contributed by atoms with Crippen LogP contribution in [0.3, 0.4) is 0 Å². The molecule has 0 aliphatic carbocycles. The minimum Gasteiger partial charge on any atom is -0.389 e. The molecule has 1 aromatic carbocycles. The van der Waals surface area contributed by atoms with Crippen molar-refractivity contribution in [2.45, 2.75) is 13.8 Å². The van der Waals surface area contributed by atoms with Gasteiger partial charge >= 0.3 is 0 Å². The first kappa shape index (κ1) is 13.4. The lowest BCUT2D eigenvalue weighted by atomic mass is 10.0. The van der Waals surface area contributed by atoms with Gasteiger partial charge in [0.1, 0.15) is 10.8 Å². The molecule has 0 unspecified atom stereocenters. The summed E-state index contributed by atoms with van der Waals surface area (Å²) in [5.41, 5.74) is 13.5. The summed E-state index contributed by atoms with van der Waals surface area (Å²) in [5, 5.41) is 7.57. The fourth-order valence-corrected chi connectivity index (χ4v) is 2.07. The van der Waals surface area contributed by atoms with Gasteiger partial charge < -0.3 is 16.4 Å². The normalized spacial score (nSPS) is 10.0. The first-order chi connectivity index (χ1) is 8.02. The molecule has 1 aromatic rings. The Morgan fingerprint density at radius 2 is 1.88 bits per heavy atom. The maximum atomic E-state index is 7.57. The van der Waals surface area contributed by atoms with E-state index in [1.165, 1.54) is 0 Å². The SMILES string of the molecule is CCN(CC)c1cccc(C(=N)N)c1C(N)=S. The van der Waals surface area contributed by atoms with E-state index in [4.69, 9.17) is 29.1 Å². The van der Waals surface area contributed by atoms with Gasteiger partial charge in [-0.1, -0.05) is 24.4 Å². The van der Waals surface area contributed by atoms with Crippen molar-refractivity contribution in [3.8, 4) is 0 Å². The van der Waals surface area contributed by atoms with E-state index in [9.17, 15) is 0 Å². The predicted octanol–water partition coefficient (Wildman–Crippen LogP) is 1.45. The predicted molar refractivity (Wildman–Crippen MR) is 76.9 cm³/mol. The van der Waals surface area contributed by atoms with Crippen molar-refractivity contribution in [2.75, 3.05) is 18.0 Å².